The van der Waals surface area contributed by atoms with E-state index in [4.69, 9.17) is 5.11 Å². The summed E-state index contributed by atoms with van der Waals surface area (Å²) in [4.78, 5) is 14.5. The third kappa shape index (κ3) is 1.61. The van der Waals surface area contributed by atoms with Crippen molar-refractivity contribution in [2.75, 3.05) is 0 Å². The van der Waals surface area contributed by atoms with Gasteiger partial charge in [0, 0.05) is 18.0 Å². The Labute approximate surface area is 102 Å². The Kier molecular flexibility index (Phi) is 2.46. The number of aromatic amines is 1. The second-order valence-corrected chi connectivity index (χ2v) is 4.00. The third-order valence-corrected chi connectivity index (χ3v) is 2.86. The van der Waals surface area contributed by atoms with Crippen LogP contribution in [-0.2, 0) is 6.61 Å². The maximum atomic E-state index is 11.8. The Hall–Kier alpha value is -2.40. The molecular weight excluding hydrogens is 230 g/mol. The molecule has 2 heterocycles. The normalized spacial score (nSPS) is 10.9. The quantitative estimate of drug-likeness (QED) is 0.707. The number of H-pyrrole nitrogens is 1. The maximum absolute atomic E-state index is 11.8. The van der Waals surface area contributed by atoms with Crippen LogP contribution < -0.4 is 5.56 Å². The highest BCUT2D eigenvalue weighted by molar-refractivity contribution is 5.79. The van der Waals surface area contributed by atoms with E-state index in [1.165, 1.54) is 0 Å². The van der Waals surface area contributed by atoms with Crippen LogP contribution in [0.3, 0.4) is 0 Å². The topological polar surface area (TPSA) is 70.4 Å². The van der Waals surface area contributed by atoms with Gasteiger partial charge >= 0.3 is 0 Å². The number of hydrogen-bond donors (Lipinski definition) is 2. The van der Waals surface area contributed by atoms with Crippen molar-refractivity contribution in [3.63, 3.8) is 0 Å². The van der Waals surface area contributed by atoms with Gasteiger partial charge in [0.15, 0.2) is 0 Å². The van der Waals surface area contributed by atoms with E-state index in [0.29, 0.717) is 5.52 Å². The molecule has 0 unspecified atom stereocenters. The van der Waals surface area contributed by atoms with E-state index < -0.39 is 0 Å². The molecule has 0 amide bonds. The zero-order chi connectivity index (χ0) is 12.5. The number of benzene rings is 1. The minimum Gasteiger partial charge on any atom is -0.392 e. The standard InChI is InChI=1S/C13H11N3O2/c17-8-9-2-1-3-10(6-9)11-7-15-16-5-4-14-13(18)12(11)16/h1-7,17H,8H2,(H,14,18). The molecule has 3 aromatic rings. The summed E-state index contributed by atoms with van der Waals surface area (Å²) >= 11 is 0. The molecule has 3 rings (SSSR count). The van der Waals surface area contributed by atoms with Gasteiger partial charge < -0.3 is 10.1 Å². The number of fused-ring (bicyclic) bond motifs is 1. The first-order valence-electron chi connectivity index (χ1n) is 5.55. The number of nitrogens with one attached hydrogen (secondary N) is 1. The van der Waals surface area contributed by atoms with Crippen LogP contribution in [0.2, 0.25) is 0 Å². The van der Waals surface area contributed by atoms with Gasteiger partial charge in [0.05, 0.1) is 12.8 Å². The van der Waals surface area contributed by atoms with Gasteiger partial charge in [0.1, 0.15) is 5.52 Å². The first kappa shape index (κ1) is 10.7. The zero-order valence-corrected chi connectivity index (χ0v) is 9.50. The molecule has 0 spiro atoms. The second kappa shape index (κ2) is 4.12. The molecule has 0 aliphatic carbocycles. The maximum Gasteiger partial charge on any atom is 0.274 e. The lowest BCUT2D eigenvalue weighted by molar-refractivity contribution is 0.282. The predicted molar refractivity (Wildman–Crippen MR) is 67.2 cm³/mol. The Morgan fingerprint density at radius 2 is 2.28 bits per heavy atom. The molecule has 2 aromatic heterocycles. The highest BCUT2D eigenvalue weighted by atomic mass is 16.3. The summed E-state index contributed by atoms with van der Waals surface area (Å²) in [6.07, 6.45) is 4.90. The summed E-state index contributed by atoms with van der Waals surface area (Å²) in [7, 11) is 0. The molecule has 2 N–H and O–H groups in total. The summed E-state index contributed by atoms with van der Waals surface area (Å²) in [6, 6.07) is 7.42. The molecule has 5 nitrogen and oxygen atoms in total. The Morgan fingerprint density at radius 1 is 1.39 bits per heavy atom. The molecule has 0 radical (unpaired) electrons. The molecule has 90 valence electrons. The monoisotopic (exact) mass is 241 g/mol. The van der Waals surface area contributed by atoms with Crippen molar-refractivity contribution in [2.45, 2.75) is 6.61 Å². The Balaban J connectivity index is 2.28. The zero-order valence-electron chi connectivity index (χ0n) is 9.50. The van der Waals surface area contributed by atoms with Crippen LogP contribution in [0.25, 0.3) is 16.6 Å². The van der Waals surface area contributed by atoms with Gasteiger partial charge in [0.25, 0.3) is 5.56 Å². The smallest absolute Gasteiger partial charge is 0.274 e. The molecule has 0 bridgehead atoms. The van der Waals surface area contributed by atoms with E-state index in [9.17, 15) is 4.79 Å². The average molecular weight is 241 g/mol. The van der Waals surface area contributed by atoms with E-state index >= 15 is 0 Å². The van der Waals surface area contributed by atoms with Crippen molar-refractivity contribution in [2.24, 2.45) is 0 Å². The first-order valence-corrected chi connectivity index (χ1v) is 5.55. The largest absolute Gasteiger partial charge is 0.392 e. The Bertz CT molecular complexity index is 758. The predicted octanol–water partition coefficient (Wildman–Crippen LogP) is 1.18. The van der Waals surface area contributed by atoms with E-state index in [1.807, 2.05) is 24.3 Å². The molecule has 1 aromatic carbocycles. The summed E-state index contributed by atoms with van der Waals surface area (Å²) < 4.78 is 1.54. The van der Waals surface area contributed by atoms with Crippen LogP contribution in [-0.4, -0.2) is 19.7 Å². The van der Waals surface area contributed by atoms with Crippen molar-refractivity contribution in [3.05, 3.63) is 58.8 Å². The highest BCUT2D eigenvalue weighted by Crippen LogP contribution is 2.23. The van der Waals surface area contributed by atoms with Crippen molar-refractivity contribution in [1.29, 1.82) is 0 Å². The van der Waals surface area contributed by atoms with Gasteiger partial charge in [-0.05, 0) is 17.2 Å². The van der Waals surface area contributed by atoms with E-state index in [2.05, 4.69) is 10.1 Å². The van der Waals surface area contributed by atoms with Crippen molar-refractivity contribution >= 4 is 5.52 Å². The molecule has 18 heavy (non-hydrogen) atoms. The van der Waals surface area contributed by atoms with Gasteiger partial charge in [-0.2, -0.15) is 5.10 Å². The second-order valence-electron chi connectivity index (χ2n) is 4.00. The summed E-state index contributed by atoms with van der Waals surface area (Å²) in [5, 5.41) is 13.3. The number of rotatable bonds is 2. The lowest BCUT2D eigenvalue weighted by Crippen LogP contribution is -2.08. The fourth-order valence-corrected chi connectivity index (χ4v) is 2.00. The van der Waals surface area contributed by atoms with E-state index in [-0.39, 0.29) is 12.2 Å². The number of aliphatic hydroxyl groups is 1. The van der Waals surface area contributed by atoms with E-state index in [0.717, 1.165) is 16.7 Å². The van der Waals surface area contributed by atoms with Crippen molar-refractivity contribution < 1.29 is 5.11 Å². The average Bonchev–Trinajstić information content (AvgIpc) is 2.84. The molecule has 0 aliphatic rings. The van der Waals surface area contributed by atoms with Crippen molar-refractivity contribution in [1.82, 2.24) is 14.6 Å². The summed E-state index contributed by atoms with van der Waals surface area (Å²) in [5.74, 6) is 0. The van der Waals surface area contributed by atoms with Crippen LogP contribution in [0.15, 0.2) is 47.7 Å². The summed E-state index contributed by atoms with van der Waals surface area (Å²) in [6.45, 7) is -0.0244. The fraction of sp³-hybridized carbons (Fsp3) is 0.0769. The van der Waals surface area contributed by atoms with Gasteiger partial charge in [-0.15, -0.1) is 0 Å². The van der Waals surface area contributed by atoms with Gasteiger partial charge in [-0.1, -0.05) is 18.2 Å². The third-order valence-electron chi connectivity index (χ3n) is 2.86. The molecule has 0 atom stereocenters. The minimum absolute atomic E-state index is 0.0244. The SMILES string of the molecule is O=c1[nH]ccn2ncc(-c3cccc(CO)c3)c12. The number of aromatic nitrogens is 3. The fourth-order valence-electron chi connectivity index (χ4n) is 2.00. The lowest BCUT2D eigenvalue weighted by atomic mass is 10.1. The number of hydrogen-bond acceptors (Lipinski definition) is 3. The van der Waals surface area contributed by atoms with Gasteiger partial charge in [-0.25, -0.2) is 4.52 Å². The highest BCUT2D eigenvalue weighted by Gasteiger charge is 2.09. The van der Waals surface area contributed by atoms with Crippen LogP contribution >= 0.6 is 0 Å². The lowest BCUT2D eigenvalue weighted by Gasteiger charge is -2.01. The molecule has 0 fully saturated rings. The van der Waals surface area contributed by atoms with Gasteiger partial charge in [-0.3, -0.25) is 4.79 Å². The van der Waals surface area contributed by atoms with Crippen LogP contribution in [0, 0.1) is 0 Å². The number of aliphatic hydroxyl groups excluding tert-OH is 1. The molecule has 5 heteroatoms. The van der Waals surface area contributed by atoms with Crippen LogP contribution in [0.5, 0.6) is 0 Å². The van der Waals surface area contributed by atoms with Crippen LogP contribution in [0.1, 0.15) is 5.56 Å². The molecule has 0 saturated heterocycles. The molecule has 0 aliphatic heterocycles. The first-order chi connectivity index (χ1) is 8.79. The number of nitrogens with zero attached hydrogens (tertiary/aromatic N) is 2. The Morgan fingerprint density at radius 3 is 3.11 bits per heavy atom. The van der Waals surface area contributed by atoms with Crippen LogP contribution in [0.4, 0.5) is 0 Å². The summed E-state index contributed by atoms with van der Waals surface area (Å²) in [5.41, 5.74) is 2.76. The molecular formula is C13H11N3O2. The van der Waals surface area contributed by atoms with Crippen molar-refractivity contribution in [3.8, 4) is 11.1 Å². The van der Waals surface area contributed by atoms with Gasteiger partial charge in [0.2, 0.25) is 0 Å². The molecule has 0 saturated carbocycles. The van der Waals surface area contributed by atoms with E-state index in [1.54, 1.807) is 23.1 Å². The minimum atomic E-state index is -0.181.